The molecule has 3 aromatic rings. The number of morpholine rings is 1. The first-order valence-electron chi connectivity index (χ1n) is 10.4. The lowest BCUT2D eigenvalue weighted by molar-refractivity contribution is 0.0330. The number of benzene rings is 1. The molecule has 0 radical (unpaired) electrons. The normalized spacial score (nSPS) is 18.4. The predicted molar refractivity (Wildman–Crippen MR) is 118 cm³/mol. The summed E-state index contributed by atoms with van der Waals surface area (Å²) in [6.07, 6.45) is 0.873. The third kappa shape index (κ3) is 3.66. The Kier molecular flexibility index (Phi) is 4.92. The summed E-state index contributed by atoms with van der Waals surface area (Å²) in [6.45, 7) is 12.4. The SMILES string of the molecule is Cc1sc2nc(CN3CCOCC3)nc(Oc3cccc4c3OC(C)(C)C4)c2c1C. The van der Waals surface area contributed by atoms with Crippen LogP contribution in [0.15, 0.2) is 18.2 Å². The zero-order valence-electron chi connectivity index (χ0n) is 17.9. The molecule has 0 atom stereocenters. The van der Waals surface area contributed by atoms with Crippen molar-refractivity contribution in [3.8, 4) is 17.4 Å². The molecule has 30 heavy (non-hydrogen) atoms. The van der Waals surface area contributed by atoms with Gasteiger partial charge in [-0.05, 0) is 39.3 Å². The van der Waals surface area contributed by atoms with Crippen LogP contribution in [0.2, 0.25) is 0 Å². The molecule has 0 amide bonds. The van der Waals surface area contributed by atoms with Gasteiger partial charge in [0.25, 0.3) is 0 Å². The maximum Gasteiger partial charge on any atom is 0.231 e. The number of ether oxygens (including phenoxy) is 3. The molecule has 1 fully saturated rings. The van der Waals surface area contributed by atoms with Crippen LogP contribution in [0.25, 0.3) is 10.2 Å². The van der Waals surface area contributed by atoms with E-state index in [-0.39, 0.29) is 5.60 Å². The van der Waals surface area contributed by atoms with Crippen molar-refractivity contribution in [3.63, 3.8) is 0 Å². The molecule has 0 saturated carbocycles. The average molecular weight is 426 g/mol. The fourth-order valence-electron chi connectivity index (χ4n) is 4.13. The third-order valence-corrected chi connectivity index (χ3v) is 6.87. The summed E-state index contributed by atoms with van der Waals surface area (Å²) in [7, 11) is 0. The van der Waals surface area contributed by atoms with Crippen molar-refractivity contribution in [2.24, 2.45) is 0 Å². The second-order valence-electron chi connectivity index (χ2n) is 8.68. The first-order chi connectivity index (χ1) is 14.4. The molecule has 2 aliphatic rings. The number of aryl methyl sites for hydroxylation is 2. The van der Waals surface area contributed by atoms with Gasteiger partial charge >= 0.3 is 0 Å². The van der Waals surface area contributed by atoms with Crippen LogP contribution in [0.4, 0.5) is 0 Å². The van der Waals surface area contributed by atoms with E-state index in [1.54, 1.807) is 11.3 Å². The van der Waals surface area contributed by atoms with Crippen molar-refractivity contribution in [3.05, 3.63) is 40.0 Å². The van der Waals surface area contributed by atoms with Gasteiger partial charge in [-0.15, -0.1) is 11.3 Å². The Morgan fingerprint density at radius 2 is 1.97 bits per heavy atom. The van der Waals surface area contributed by atoms with Crippen LogP contribution in [0.3, 0.4) is 0 Å². The van der Waals surface area contributed by atoms with Crippen LogP contribution >= 0.6 is 11.3 Å². The van der Waals surface area contributed by atoms with Crippen molar-refractivity contribution in [2.75, 3.05) is 26.3 Å². The van der Waals surface area contributed by atoms with Crippen LogP contribution in [0, 0.1) is 13.8 Å². The summed E-state index contributed by atoms with van der Waals surface area (Å²) in [6, 6.07) is 6.10. The molecule has 5 rings (SSSR count). The Balaban J connectivity index is 1.54. The minimum Gasteiger partial charge on any atom is -0.483 e. The van der Waals surface area contributed by atoms with Crippen molar-refractivity contribution in [1.29, 1.82) is 0 Å². The minimum absolute atomic E-state index is 0.223. The molecule has 0 aliphatic carbocycles. The first-order valence-corrected chi connectivity index (χ1v) is 11.3. The lowest BCUT2D eigenvalue weighted by Gasteiger charge is -2.25. The number of hydrogen-bond donors (Lipinski definition) is 0. The standard InChI is InChI=1S/C23H27N3O3S/c1-14-15(2)30-22-19(14)21(24-18(25-22)13-26-8-10-27-11-9-26)28-17-7-5-6-16-12-23(3,4)29-20(16)17/h5-7H,8-13H2,1-4H3. The van der Waals surface area contributed by atoms with Gasteiger partial charge in [-0.2, -0.15) is 4.98 Å². The van der Waals surface area contributed by atoms with Gasteiger partial charge in [-0.25, -0.2) is 4.98 Å². The largest absolute Gasteiger partial charge is 0.483 e. The smallest absolute Gasteiger partial charge is 0.231 e. The minimum atomic E-state index is -0.223. The van der Waals surface area contributed by atoms with Crippen molar-refractivity contribution in [2.45, 2.75) is 46.3 Å². The lowest BCUT2D eigenvalue weighted by Crippen LogP contribution is -2.36. The van der Waals surface area contributed by atoms with Gasteiger partial charge in [0.15, 0.2) is 11.5 Å². The summed E-state index contributed by atoms with van der Waals surface area (Å²) in [5.74, 6) is 2.95. The highest BCUT2D eigenvalue weighted by molar-refractivity contribution is 7.18. The summed E-state index contributed by atoms with van der Waals surface area (Å²) >= 11 is 1.70. The summed E-state index contributed by atoms with van der Waals surface area (Å²) < 4.78 is 18.1. The van der Waals surface area contributed by atoms with Gasteiger partial charge in [0.1, 0.15) is 16.3 Å². The monoisotopic (exact) mass is 425 g/mol. The van der Waals surface area contributed by atoms with E-state index >= 15 is 0 Å². The van der Waals surface area contributed by atoms with E-state index in [4.69, 9.17) is 24.2 Å². The summed E-state index contributed by atoms with van der Waals surface area (Å²) in [5.41, 5.74) is 2.13. The molecule has 4 heterocycles. The predicted octanol–water partition coefficient (Wildman–Crippen LogP) is 4.65. The third-order valence-electron chi connectivity index (χ3n) is 5.77. The summed E-state index contributed by atoms with van der Waals surface area (Å²) in [5, 5.41) is 0.998. The van der Waals surface area contributed by atoms with Gasteiger partial charge < -0.3 is 14.2 Å². The molecule has 158 valence electrons. The van der Waals surface area contributed by atoms with Crippen molar-refractivity contribution in [1.82, 2.24) is 14.9 Å². The summed E-state index contributed by atoms with van der Waals surface area (Å²) in [4.78, 5) is 14.3. The number of fused-ring (bicyclic) bond motifs is 2. The van der Waals surface area contributed by atoms with Crippen LogP contribution < -0.4 is 9.47 Å². The van der Waals surface area contributed by atoms with Gasteiger partial charge in [0.05, 0.1) is 25.1 Å². The molecular formula is C23H27N3O3S. The lowest BCUT2D eigenvalue weighted by atomic mass is 10.0. The zero-order chi connectivity index (χ0) is 20.9. The molecule has 2 aliphatic heterocycles. The van der Waals surface area contributed by atoms with Crippen molar-refractivity contribution >= 4 is 21.6 Å². The van der Waals surface area contributed by atoms with Crippen LogP contribution in [0.1, 0.15) is 35.7 Å². The Bertz CT molecular complexity index is 1100. The number of aromatic nitrogens is 2. The van der Waals surface area contributed by atoms with E-state index in [0.717, 1.165) is 60.3 Å². The molecule has 0 unspecified atom stereocenters. The van der Waals surface area contributed by atoms with Crippen LogP contribution in [-0.4, -0.2) is 46.8 Å². The fraction of sp³-hybridized carbons (Fsp3) is 0.478. The molecule has 1 saturated heterocycles. The first kappa shape index (κ1) is 19.7. The average Bonchev–Trinajstić information content (AvgIpc) is 3.17. The quantitative estimate of drug-likeness (QED) is 0.607. The van der Waals surface area contributed by atoms with E-state index in [2.05, 4.69) is 38.7 Å². The molecule has 2 aromatic heterocycles. The number of thiophene rings is 1. The second kappa shape index (κ2) is 7.48. The van der Waals surface area contributed by atoms with E-state index in [1.165, 1.54) is 16.0 Å². The van der Waals surface area contributed by atoms with E-state index in [1.807, 2.05) is 12.1 Å². The number of para-hydroxylation sites is 1. The highest BCUT2D eigenvalue weighted by Gasteiger charge is 2.33. The van der Waals surface area contributed by atoms with Gasteiger partial charge in [-0.3, -0.25) is 4.90 Å². The Hall–Kier alpha value is -2.22. The fourth-order valence-corrected chi connectivity index (χ4v) is 5.17. The van der Waals surface area contributed by atoms with E-state index in [9.17, 15) is 0 Å². The topological polar surface area (TPSA) is 56.7 Å². The van der Waals surface area contributed by atoms with Crippen molar-refractivity contribution < 1.29 is 14.2 Å². The number of rotatable bonds is 4. The van der Waals surface area contributed by atoms with Crippen LogP contribution in [-0.2, 0) is 17.7 Å². The Morgan fingerprint density at radius 3 is 2.77 bits per heavy atom. The maximum atomic E-state index is 6.44. The maximum absolute atomic E-state index is 6.44. The van der Waals surface area contributed by atoms with Gasteiger partial charge in [0.2, 0.25) is 5.88 Å². The Labute approximate surface area is 180 Å². The van der Waals surface area contributed by atoms with E-state index < -0.39 is 0 Å². The number of nitrogens with zero attached hydrogens (tertiary/aromatic N) is 3. The van der Waals surface area contributed by atoms with Gasteiger partial charge in [-0.1, -0.05) is 12.1 Å². The van der Waals surface area contributed by atoms with Gasteiger partial charge in [0, 0.05) is 30.0 Å². The molecule has 6 nitrogen and oxygen atoms in total. The number of hydrogen-bond acceptors (Lipinski definition) is 7. The molecular weight excluding hydrogens is 398 g/mol. The van der Waals surface area contributed by atoms with Crippen LogP contribution in [0.5, 0.6) is 17.4 Å². The molecule has 7 heteroatoms. The highest BCUT2D eigenvalue weighted by atomic mass is 32.1. The van der Waals surface area contributed by atoms with E-state index in [0.29, 0.717) is 12.4 Å². The molecule has 0 bridgehead atoms. The zero-order valence-corrected chi connectivity index (χ0v) is 18.8. The highest BCUT2D eigenvalue weighted by Crippen LogP contribution is 2.45. The second-order valence-corrected chi connectivity index (χ2v) is 9.89. The molecule has 1 aromatic carbocycles. The Morgan fingerprint density at radius 1 is 1.17 bits per heavy atom. The molecule has 0 spiro atoms. The molecule has 0 N–H and O–H groups in total.